The predicted molar refractivity (Wildman–Crippen MR) is 117 cm³/mol. The van der Waals surface area contributed by atoms with Gasteiger partial charge in [0.15, 0.2) is 0 Å². The first-order valence-corrected chi connectivity index (χ1v) is 12.6. The second-order valence-electron chi connectivity index (χ2n) is 7.77. The largest absolute Gasteiger partial charge is 0.497 e. The van der Waals surface area contributed by atoms with E-state index in [-0.39, 0.29) is 12.0 Å². The summed E-state index contributed by atoms with van der Waals surface area (Å²) in [6, 6.07) is 6.53. The number of methoxy groups -OCH3 is 1. The Bertz CT molecular complexity index is 668. The van der Waals surface area contributed by atoms with Crippen molar-refractivity contribution in [2.45, 2.75) is 43.9 Å². The molecule has 0 radical (unpaired) electrons. The summed E-state index contributed by atoms with van der Waals surface area (Å²) in [6.45, 7) is 2.15. The van der Waals surface area contributed by atoms with Gasteiger partial charge in [-0.15, -0.1) is 0 Å². The van der Waals surface area contributed by atoms with Crippen molar-refractivity contribution < 1.29 is 14.3 Å². The van der Waals surface area contributed by atoms with E-state index in [1.54, 1.807) is 7.11 Å². The van der Waals surface area contributed by atoms with Gasteiger partial charge in [-0.25, -0.2) is 0 Å². The van der Waals surface area contributed by atoms with E-state index in [1.807, 2.05) is 18.2 Å². The fourth-order valence-corrected chi connectivity index (χ4v) is 6.39. The fraction of sp³-hybridized carbons (Fsp3) is 0.667. The number of hydrogen-bond donors (Lipinski definition) is 1. The van der Waals surface area contributed by atoms with Crippen molar-refractivity contribution in [1.82, 2.24) is 10.2 Å². The maximum absolute atomic E-state index is 12.6. The lowest BCUT2D eigenvalue weighted by Crippen LogP contribution is -2.46. The van der Waals surface area contributed by atoms with E-state index in [0.29, 0.717) is 23.4 Å². The molecule has 1 aliphatic carbocycles. The number of thioether (sulfide) groups is 2. The molecule has 0 aromatic heterocycles. The zero-order chi connectivity index (χ0) is 19.3. The first kappa shape index (κ1) is 20.2. The summed E-state index contributed by atoms with van der Waals surface area (Å²) >= 11 is 4.18. The third-order valence-electron chi connectivity index (χ3n) is 5.63. The molecule has 2 aliphatic heterocycles. The molecule has 1 amide bonds. The number of amides is 1. The Morgan fingerprint density at radius 1 is 1.11 bits per heavy atom. The minimum atomic E-state index is -0.0369. The fourth-order valence-electron chi connectivity index (χ4n) is 3.76. The number of carbonyl (C=O) groups excluding carboxylic acids is 1. The molecule has 3 fully saturated rings. The lowest BCUT2D eigenvalue weighted by atomic mass is 10.1. The molecule has 2 heterocycles. The van der Waals surface area contributed by atoms with E-state index < -0.39 is 0 Å². The van der Waals surface area contributed by atoms with Gasteiger partial charge in [-0.3, -0.25) is 9.69 Å². The van der Waals surface area contributed by atoms with Crippen LogP contribution in [0.15, 0.2) is 18.2 Å². The molecule has 0 bridgehead atoms. The third-order valence-corrected chi connectivity index (χ3v) is 8.11. The summed E-state index contributed by atoms with van der Waals surface area (Å²) in [5.74, 6) is 6.40. The highest BCUT2D eigenvalue weighted by Gasteiger charge is 2.29. The van der Waals surface area contributed by atoms with Crippen LogP contribution in [0.25, 0.3) is 0 Å². The lowest BCUT2D eigenvalue weighted by Gasteiger charge is -2.37. The van der Waals surface area contributed by atoms with Gasteiger partial charge in [-0.05, 0) is 37.8 Å². The Morgan fingerprint density at radius 3 is 2.46 bits per heavy atom. The van der Waals surface area contributed by atoms with E-state index in [2.05, 4.69) is 33.7 Å². The van der Waals surface area contributed by atoms with Crippen LogP contribution >= 0.6 is 23.5 Å². The summed E-state index contributed by atoms with van der Waals surface area (Å²) < 4.78 is 11.7. The van der Waals surface area contributed by atoms with Crippen LogP contribution in [0, 0.1) is 0 Å². The minimum Gasteiger partial charge on any atom is -0.497 e. The van der Waals surface area contributed by atoms with Crippen molar-refractivity contribution in [3.8, 4) is 11.5 Å². The van der Waals surface area contributed by atoms with E-state index in [4.69, 9.17) is 9.47 Å². The van der Waals surface area contributed by atoms with Gasteiger partial charge in [0.25, 0.3) is 5.91 Å². The molecular formula is C21H30N2O3S2. The normalized spacial score (nSPS) is 22.5. The van der Waals surface area contributed by atoms with Gasteiger partial charge in [0.2, 0.25) is 0 Å². The number of likely N-dealkylation sites (tertiary alicyclic amines) is 1. The lowest BCUT2D eigenvalue weighted by molar-refractivity contribution is 0.0829. The molecule has 7 heteroatoms. The van der Waals surface area contributed by atoms with Gasteiger partial charge in [0.1, 0.15) is 17.6 Å². The van der Waals surface area contributed by atoms with Crippen LogP contribution in [-0.4, -0.2) is 72.2 Å². The Hall–Kier alpha value is -1.05. The number of benzene rings is 1. The van der Waals surface area contributed by atoms with Crippen LogP contribution in [0.5, 0.6) is 11.5 Å². The number of hydrogen-bond acceptors (Lipinski definition) is 6. The van der Waals surface area contributed by atoms with Gasteiger partial charge in [0, 0.05) is 54.3 Å². The van der Waals surface area contributed by atoms with Crippen molar-refractivity contribution in [3.05, 3.63) is 23.8 Å². The Labute approximate surface area is 176 Å². The van der Waals surface area contributed by atoms with Gasteiger partial charge in [0.05, 0.1) is 12.7 Å². The summed E-state index contributed by atoms with van der Waals surface area (Å²) in [5, 5.41) is 3.07. The first-order chi connectivity index (χ1) is 13.7. The molecule has 0 unspecified atom stereocenters. The van der Waals surface area contributed by atoms with Gasteiger partial charge in [-0.2, -0.15) is 23.5 Å². The Balaban J connectivity index is 1.37. The number of nitrogens with zero attached hydrogens (tertiary/aromatic N) is 1. The van der Waals surface area contributed by atoms with Crippen LogP contribution in [0.1, 0.15) is 36.0 Å². The highest BCUT2D eigenvalue weighted by atomic mass is 32.2. The molecule has 1 aromatic rings. The number of rotatable bonds is 6. The van der Waals surface area contributed by atoms with Crippen LogP contribution < -0.4 is 14.8 Å². The summed E-state index contributed by atoms with van der Waals surface area (Å²) in [5.41, 5.74) is 0.617. The molecule has 3 aliphatic rings. The quantitative estimate of drug-likeness (QED) is 0.759. The number of nitrogens with one attached hydrogen (secondary N) is 1. The molecule has 0 spiro atoms. The topological polar surface area (TPSA) is 50.8 Å². The zero-order valence-corrected chi connectivity index (χ0v) is 18.2. The molecule has 0 atom stereocenters. The van der Waals surface area contributed by atoms with Crippen LogP contribution in [0.2, 0.25) is 0 Å². The smallest absolute Gasteiger partial charge is 0.255 e. The second kappa shape index (κ2) is 9.63. The molecule has 4 rings (SSSR count). The first-order valence-electron chi connectivity index (χ1n) is 10.3. The van der Waals surface area contributed by atoms with Gasteiger partial charge < -0.3 is 14.8 Å². The molecule has 2 saturated heterocycles. The van der Waals surface area contributed by atoms with Crippen molar-refractivity contribution in [2.75, 3.05) is 43.2 Å². The molecule has 28 heavy (non-hydrogen) atoms. The van der Waals surface area contributed by atoms with Crippen LogP contribution in [0.4, 0.5) is 0 Å². The van der Waals surface area contributed by atoms with E-state index in [0.717, 1.165) is 44.5 Å². The summed E-state index contributed by atoms with van der Waals surface area (Å²) in [6.07, 6.45) is 4.32. The molecule has 5 nitrogen and oxygen atoms in total. The number of ether oxygens (including phenoxy) is 2. The maximum atomic E-state index is 12.6. The molecule has 154 valence electrons. The van der Waals surface area contributed by atoms with Gasteiger partial charge in [-0.1, -0.05) is 0 Å². The van der Waals surface area contributed by atoms with E-state index >= 15 is 0 Å². The Kier molecular flexibility index (Phi) is 6.96. The number of piperidine rings is 1. The predicted octanol–water partition coefficient (Wildman–Crippen LogP) is 3.28. The standard InChI is InChI=1S/C21H30N2O3S2/c1-25-18-4-5-19(21(24)22-15-2-3-15)20(12-18)26-17-6-8-23(9-7-17)16-13-27-10-11-28-14-16/h4-5,12,15-17H,2-3,6-11,13-14H2,1H3,(H,22,24). The molecule has 1 aromatic carbocycles. The monoisotopic (exact) mass is 422 g/mol. The Morgan fingerprint density at radius 2 is 1.82 bits per heavy atom. The molecule has 1 saturated carbocycles. The number of carbonyl (C=O) groups is 1. The van der Waals surface area contributed by atoms with E-state index in [1.165, 1.54) is 23.0 Å². The SMILES string of the molecule is COc1ccc(C(=O)NC2CC2)c(OC2CCN(C3CSCCSC3)CC2)c1. The second-order valence-corrected chi connectivity index (χ2v) is 10.1. The molecule has 1 N–H and O–H groups in total. The highest BCUT2D eigenvalue weighted by molar-refractivity contribution is 8.03. The highest BCUT2D eigenvalue weighted by Crippen LogP contribution is 2.30. The van der Waals surface area contributed by atoms with Crippen molar-refractivity contribution in [1.29, 1.82) is 0 Å². The minimum absolute atomic E-state index is 0.0369. The van der Waals surface area contributed by atoms with Crippen molar-refractivity contribution >= 4 is 29.4 Å². The van der Waals surface area contributed by atoms with Crippen molar-refractivity contribution in [3.63, 3.8) is 0 Å². The summed E-state index contributed by atoms with van der Waals surface area (Å²) in [7, 11) is 1.64. The maximum Gasteiger partial charge on any atom is 0.255 e. The average molecular weight is 423 g/mol. The summed E-state index contributed by atoms with van der Waals surface area (Å²) in [4.78, 5) is 15.2. The van der Waals surface area contributed by atoms with Crippen molar-refractivity contribution in [2.24, 2.45) is 0 Å². The average Bonchev–Trinajstić information content (AvgIpc) is 3.55. The van der Waals surface area contributed by atoms with Gasteiger partial charge >= 0.3 is 0 Å². The zero-order valence-electron chi connectivity index (χ0n) is 16.5. The van der Waals surface area contributed by atoms with Crippen LogP contribution in [0.3, 0.4) is 0 Å². The van der Waals surface area contributed by atoms with E-state index in [9.17, 15) is 4.79 Å². The molecular weight excluding hydrogens is 392 g/mol. The van der Waals surface area contributed by atoms with Crippen LogP contribution in [-0.2, 0) is 0 Å². The third kappa shape index (κ3) is 5.30.